The fraction of sp³-hybridized carbons (Fsp3) is 0.364. The molecule has 1 unspecified atom stereocenters. The van der Waals surface area contributed by atoms with Gasteiger partial charge in [0.2, 0.25) is 0 Å². The van der Waals surface area contributed by atoms with E-state index in [2.05, 4.69) is 0 Å². The third-order valence-corrected chi connectivity index (χ3v) is 3.66. The van der Waals surface area contributed by atoms with Crippen LogP contribution in [-0.2, 0) is 14.6 Å². The molecule has 88 valence electrons. The first-order valence-electron chi connectivity index (χ1n) is 4.77. The van der Waals surface area contributed by atoms with Crippen molar-refractivity contribution in [2.75, 3.05) is 6.26 Å². The number of carbonyl (C=O) groups excluding carboxylic acids is 1. The Morgan fingerprint density at radius 1 is 1.38 bits per heavy atom. The van der Waals surface area contributed by atoms with E-state index in [0.717, 1.165) is 12.5 Å². The maximum atomic E-state index is 11.3. The molecule has 1 N–H and O–H groups in total. The van der Waals surface area contributed by atoms with Gasteiger partial charge in [-0.25, -0.2) is 8.42 Å². The summed E-state index contributed by atoms with van der Waals surface area (Å²) in [6, 6.07) is 2.89. The Hall–Kier alpha value is -1.36. The average molecular weight is 242 g/mol. The monoisotopic (exact) mass is 242 g/mol. The Morgan fingerprint density at radius 2 is 1.94 bits per heavy atom. The Kier molecular flexibility index (Phi) is 3.38. The van der Waals surface area contributed by atoms with E-state index in [1.165, 1.54) is 6.07 Å². The summed E-state index contributed by atoms with van der Waals surface area (Å²) in [4.78, 5) is 10.5. The van der Waals surface area contributed by atoms with Gasteiger partial charge in [-0.05, 0) is 24.1 Å². The van der Waals surface area contributed by atoms with Crippen molar-refractivity contribution in [3.63, 3.8) is 0 Å². The summed E-state index contributed by atoms with van der Waals surface area (Å²) in [7, 11) is -3.44. The molecule has 0 aliphatic carbocycles. The molecule has 16 heavy (non-hydrogen) atoms. The van der Waals surface area contributed by atoms with Crippen LogP contribution in [0.3, 0.4) is 0 Å². The number of sulfone groups is 1. The number of benzene rings is 1. The number of hydrogen-bond donors (Lipinski definition) is 1. The van der Waals surface area contributed by atoms with Crippen molar-refractivity contribution in [2.24, 2.45) is 0 Å². The molecule has 1 aromatic carbocycles. The molecule has 0 radical (unpaired) electrons. The van der Waals surface area contributed by atoms with Crippen molar-refractivity contribution in [3.05, 3.63) is 23.3 Å². The highest BCUT2D eigenvalue weighted by Crippen LogP contribution is 2.31. The summed E-state index contributed by atoms with van der Waals surface area (Å²) in [5, 5.41) is 9.76. The molecular weight excluding hydrogens is 228 g/mol. The molecule has 0 saturated carbocycles. The topological polar surface area (TPSA) is 71.4 Å². The summed E-state index contributed by atoms with van der Waals surface area (Å²) in [6.45, 7) is 3.29. The largest absolute Gasteiger partial charge is 0.506 e. The molecule has 0 aromatic heterocycles. The van der Waals surface area contributed by atoms with Crippen LogP contribution in [0.2, 0.25) is 0 Å². The van der Waals surface area contributed by atoms with Crippen molar-refractivity contribution >= 4 is 16.1 Å². The highest BCUT2D eigenvalue weighted by Gasteiger charge is 2.18. The second-order valence-electron chi connectivity index (χ2n) is 3.82. The van der Waals surface area contributed by atoms with Crippen LogP contribution in [0.1, 0.15) is 24.0 Å². The third kappa shape index (κ3) is 2.24. The SMILES string of the molecule is Cc1c(C(C)C=O)ccc(S(C)(=O)=O)c1O. The van der Waals surface area contributed by atoms with Gasteiger partial charge in [-0.2, -0.15) is 0 Å². The number of phenolic OH excluding ortho intramolecular Hbond substituents is 1. The van der Waals surface area contributed by atoms with E-state index < -0.39 is 9.84 Å². The minimum Gasteiger partial charge on any atom is -0.506 e. The van der Waals surface area contributed by atoms with E-state index in [9.17, 15) is 18.3 Å². The molecular formula is C11H14O4S. The van der Waals surface area contributed by atoms with Crippen molar-refractivity contribution in [3.8, 4) is 5.75 Å². The standard InChI is InChI=1S/C11H14O4S/c1-7(6-12)9-4-5-10(16(3,14)15)11(13)8(9)2/h4-7,13H,1-3H3. The third-order valence-electron chi connectivity index (χ3n) is 2.53. The Labute approximate surface area is 94.8 Å². The predicted molar refractivity (Wildman–Crippen MR) is 60.4 cm³/mol. The molecule has 0 amide bonds. The van der Waals surface area contributed by atoms with Crippen LogP contribution in [-0.4, -0.2) is 26.1 Å². The molecule has 1 atom stereocenters. The fourth-order valence-corrected chi connectivity index (χ4v) is 2.38. The highest BCUT2D eigenvalue weighted by atomic mass is 32.2. The van der Waals surface area contributed by atoms with Crippen LogP contribution in [0, 0.1) is 6.92 Å². The van der Waals surface area contributed by atoms with E-state index in [0.29, 0.717) is 11.1 Å². The zero-order valence-electron chi connectivity index (χ0n) is 9.39. The molecule has 0 spiro atoms. The zero-order valence-corrected chi connectivity index (χ0v) is 10.2. The number of hydrogen-bond acceptors (Lipinski definition) is 4. The quantitative estimate of drug-likeness (QED) is 0.813. The molecule has 0 saturated heterocycles. The first-order valence-corrected chi connectivity index (χ1v) is 6.66. The fourth-order valence-electron chi connectivity index (χ4n) is 1.56. The summed E-state index contributed by atoms with van der Waals surface area (Å²) >= 11 is 0. The van der Waals surface area contributed by atoms with E-state index >= 15 is 0 Å². The summed E-state index contributed by atoms with van der Waals surface area (Å²) in [5.74, 6) is -0.631. The highest BCUT2D eigenvalue weighted by molar-refractivity contribution is 7.90. The lowest BCUT2D eigenvalue weighted by Crippen LogP contribution is -2.03. The second kappa shape index (κ2) is 4.25. The van der Waals surface area contributed by atoms with Crippen LogP contribution in [0.4, 0.5) is 0 Å². The average Bonchev–Trinajstić information content (AvgIpc) is 2.19. The van der Waals surface area contributed by atoms with Crippen LogP contribution in [0.5, 0.6) is 5.75 Å². The van der Waals surface area contributed by atoms with Gasteiger partial charge >= 0.3 is 0 Å². The minimum absolute atomic E-state index is 0.105. The van der Waals surface area contributed by atoms with Gasteiger partial charge in [0.25, 0.3) is 0 Å². The normalized spacial score (nSPS) is 13.4. The van der Waals surface area contributed by atoms with Crippen molar-refractivity contribution in [2.45, 2.75) is 24.7 Å². The van der Waals surface area contributed by atoms with Gasteiger partial charge < -0.3 is 9.90 Å². The van der Waals surface area contributed by atoms with E-state index in [1.54, 1.807) is 19.9 Å². The molecule has 4 nitrogen and oxygen atoms in total. The Bertz CT molecular complexity index is 517. The lowest BCUT2D eigenvalue weighted by atomic mass is 9.97. The summed E-state index contributed by atoms with van der Waals surface area (Å²) in [6.07, 6.45) is 1.78. The van der Waals surface area contributed by atoms with Crippen LogP contribution in [0.25, 0.3) is 0 Å². The maximum absolute atomic E-state index is 11.3. The molecule has 0 aliphatic rings. The number of rotatable bonds is 3. The smallest absolute Gasteiger partial charge is 0.179 e. The number of carbonyl (C=O) groups is 1. The van der Waals surface area contributed by atoms with Gasteiger partial charge in [-0.1, -0.05) is 13.0 Å². The van der Waals surface area contributed by atoms with E-state index in [4.69, 9.17) is 0 Å². The second-order valence-corrected chi connectivity index (χ2v) is 5.81. The van der Waals surface area contributed by atoms with Gasteiger partial charge in [-0.15, -0.1) is 0 Å². The molecule has 0 fully saturated rings. The first-order chi connectivity index (χ1) is 7.29. The molecule has 5 heteroatoms. The predicted octanol–water partition coefficient (Wildman–Crippen LogP) is 1.41. The number of aldehydes is 1. The number of phenols is 1. The van der Waals surface area contributed by atoms with Crippen molar-refractivity contribution < 1.29 is 18.3 Å². The maximum Gasteiger partial charge on any atom is 0.179 e. The zero-order chi connectivity index (χ0) is 12.5. The van der Waals surface area contributed by atoms with Gasteiger partial charge in [-0.3, -0.25) is 0 Å². The molecule has 1 aromatic rings. The Balaban J connectivity index is 3.46. The van der Waals surface area contributed by atoms with Gasteiger partial charge in [0.05, 0.1) is 0 Å². The first kappa shape index (κ1) is 12.7. The summed E-state index contributed by atoms with van der Waals surface area (Å²) in [5.41, 5.74) is 1.07. The van der Waals surface area contributed by atoms with Crippen molar-refractivity contribution in [1.29, 1.82) is 0 Å². The molecule has 0 heterocycles. The molecule has 0 aliphatic heterocycles. The van der Waals surface area contributed by atoms with Crippen LogP contribution >= 0.6 is 0 Å². The van der Waals surface area contributed by atoms with Gasteiger partial charge in [0.15, 0.2) is 9.84 Å². The summed E-state index contributed by atoms with van der Waals surface area (Å²) < 4.78 is 22.7. The van der Waals surface area contributed by atoms with Crippen molar-refractivity contribution in [1.82, 2.24) is 0 Å². The van der Waals surface area contributed by atoms with E-state index in [-0.39, 0.29) is 16.6 Å². The minimum atomic E-state index is -3.44. The van der Waals surface area contributed by atoms with Gasteiger partial charge in [0, 0.05) is 12.2 Å². The number of aromatic hydroxyl groups is 1. The van der Waals surface area contributed by atoms with E-state index in [1.807, 2.05) is 0 Å². The van der Waals surface area contributed by atoms with Crippen LogP contribution < -0.4 is 0 Å². The molecule has 1 rings (SSSR count). The van der Waals surface area contributed by atoms with Crippen LogP contribution in [0.15, 0.2) is 17.0 Å². The lowest BCUT2D eigenvalue weighted by molar-refractivity contribution is -0.108. The molecule has 0 bridgehead atoms. The Morgan fingerprint density at radius 3 is 2.38 bits per heavy atom. The lowest BCUT2D eigenvalue weighted by Gasteiger charge is -2.12. The van der Waals surface area contributed by atoms with Gasteiger partial charge in [0.1, 0.15) is 16.9 Å².